The zero-order valence-corrected chi connectivity index (χ0v) is 12.3. The lowest BCUT2D eigenvalue weighted by Crippen LogP contribution is -2.38. The molecule has 0 atom stereocenters. The van der Waals surface area contributed by atoms with E-state index in [2.05, 4.69) is 13.8 Å². The van der Waals surface area contributed by atoms with Crippen LogP contribution in [0.2, 0.25) is 0 Å². The maximum Gasteiger partial charge on any atom is 0.493 e. The summed E-state index contributed by atoms with van der Waals surface area (Å²) in [4.78, 5) is 11.0. The van der Waals surface area contributed by atoms with Gasteiger partial charge in [0.25, 0.3) is 0 Å². The molecule has 1 aromatic rings. The zero-order chi connectivity index (χ0) is 14.8. The minimum Gasteiger partial charge on any atom is -0.478 e. The molecular weight excluding hydrogens is 255 g/mol. The first kappa shape index (κ1) is 16.7. The normalized spacial score (nSPS) is 10.5. The van der Waals surface area contributed by atoms with Crippen molar-refractivity contribution in [2.45, 2.75) is 39.5 Å². The summed E-state index contributed by atoms with van der Waals surface area (Å²) < 4.78 is 11.5. The lowest BCUT2D eigenvalue weighted by atomic mass is 9.78. The SMILES string of the molecule is CCCCOB(OCCCC)c1cccc(C(=O)O)c1. The first-order valence-corrected chi connectivity index (χ1v) is 7.25. The number of hydrogen-bond acceptors (Lipinski definition) is 3. The fraction of sp³-hybridized carbons (Fsp3) is 0.533. The van der Waals surface area contributed by atoms with Gasteiger partial charge in [-0.25, -0.2) is 4.79 Å². The Balaban J connectivity index is 2.73. The van der Waals surface area contributed by atoms with Crippen molar-refractivity contribution in [3.05, 3.63) is 29.8 Å². The summed E-state index contributed by atoms with van der Waals surface area (Å²) in [7, 11) is -0.479. The smallest absolute Gasteiger partial charge is 0.478 e. The van der Waals surface area contributed by atoms with Crippen molar-refractivity contribution >= 4 is 18.6 Å². The Kier molecular flexibility index (Phi) is 8.00. The minimum absolute atomic E-state index is 0.255. The molecule has 1 N–H and O–H groups in total. The van der Waals surface area contributed by atoms with Crippen molar-refractivity contribution in [3.8, 4) is 0 Å². The molecule has 0 heterocycles. The van der Waals surface area contributed by atoms with Crippen LogP contribution in [0.5, 0.6) is 0 Å². The lowest BCUT2D eigenvalue weighted by Gasteiger charge is -2.15. The molecule has 20 heavy (non-hydrogen) atoms. The van der Waals surface area contributed by atoms with Crippen LogP contribution in [0.3, 0.4) is 0 Å². The van der Waals surface area contributed by atoms with Gasteiger partial charge < -0.3 is 14.4 Å². The van der Waals surface area contributed by atoms with Gasteiger partial charge >= 0.3 is 13.1 Å². The van der Waals surface area contributed by atoms with Gasteiger partial charge in [0.2, 0.25) is 0 Å². The van der Waals surface area contributed by atoms with Gasteiger partial charge in [-0.05, 0) is 30.4 Å². The second-order valence-electron chi connectivity index (χ2n) is 4.71. The molecule has 0 bridgehead atoms. The van der Waals surface area contributed by atoms with E-state index in [-0.39, 0.29) is 5.56 Å². The van der Waals surface area contributed by atoms with Crippen molar-refractivity contribution < 1.29 is 19.2 Å². The quantitative estimate of drug-likeness (QED) is 0.528. The maximum atomic E-state index is 11.0. The van der Waals surface area contributed by atoms with Gasteiger partial charge in [0.15, 0.2) is 0 Å². The van der Waals surface area contributed by atoms with E-state index in [9.17, 15) is 4.79 Å². The van der Waals surface area contributed by atoms with E-state index in [1.165, 1.54) is 0 Å². The summed E-state index contributed by atoms with van der Waals surface area (Å²) >= 11 is 0. The number of benzene rings is 1. The Morgan fingerprint density at radius 2 is 1.75 bits per heavy atom. The van der Waals surface area contributed by atoms with Crippen LogP contribution >= 0.6 is 0 Å². The average Bonchev–Trinajstić information content (AvgIpc) is 2.46. The van der Waals surface area contributed by atoms with Crippen LogP contribution in [-0.4, -0.2) is 31.4 Å². The third-order valence-corrected chi connectivity index (χ3v) is 2.94. The number of aromatic carboxylic acids is 1. The van der Waals surface area contributed by atoms with Gasteiger partial charge in [0, 0.05) is 13.2 Å². The van der Waals surface area contributed by atoms with E-state index < -0.39 is 13.1 Å². The maximum absolute atomic E-state index is 11.0. The van der Waals surface area contributed by atoms with Gasteiger partial charge in [-0.2, -0.15) is 0 Å². The van der Waals surface area contributed by atoms with Gasteiger partial charge in [0.1, 0.15) is 0 Å². The summed E-state index contributed by atoms with van der Waals surface area (Å²) in [5.74, 6) is -0.937. The number of carboxylic acids is 1. The van der Waals surface area contributed by atoms with Gasteiger partial charge in [-0.1, -0.05) is 38.8 Å². The molecule has 0 unspecified atom stereocenters. The molecule has 0 saturated heterocycles. The molecular formula is C15H23BO4. The van der Waals surface area contributed by atoms with Crippen molar-refractivity contribution in [2.24, 2.45) is 0 Å². The molecule has 0 saturated carbocycles. The summed E-state index contributed by atoms with van der Waals surface area (Å²) in [6.45, 7) is 5.43. The van der Waals surface area contributed by atoms with Crippen molar-refractivity contribution in [3.63, 3.8) is 0 Å². The van der Waals surface area contributed by atoms with Crippen LogP contribution in [0, 0.1) is 0 Å². The van der Waals surface area contributed by atoms with Crippen molar-refractivity contribution in [1.82, 2.24) is 0 Å². The molecule has 0 radical (unpaired) electrons. The molecule has 0 aliphatic rings. The molecule has 0 amide bonds. The van der Waals surface area contributed by atoms with E-state index in [0.29, 0.717) is 13.2 Å². The molecule has 0 spiro atoms. The summed E-state index contributed by atoms with van der Waals surface area (Å²) in [5.41, 5.74) is 1.02. The summed E-state index contributed by atoms with van der Waals surface area (Å²) in [6, 6.07) is 6.75. The first-order valence-electron chi connectivity index (χ1n) is 7.25. The standard InChI is InChI=1S/C15H23BO4/c1-3-5-10-19-16(20-11-6-4-2)14-9-7-8-13(12-14)15(17)18/h7-9,12H,3-6,10-11H2,1-2H3,(H,17,18). The molecule has 0 aliphatic carbocycles. The number of carbonyl (C=O) groups is 1. The highest BCUT2D eigenvalue weighted by Gasteiger charge is 2.22. The Labute approximate surface area is 121 Å². The predicted molar refractivity (Wildman–Crippen MR) is 80.5 cm³/mol. The average molecular weight is 278 g/mol. The second-order valence-corrected chi connectivity index (χ2v) is 4.71. The van der Waals surface area contributed by atoms with Crippen LogP contribution in [0.25, 0.3) is 0 Å². The molecule has 0 aliphatic heterocycles. The fourth-order valence-electron chi connectivity index (χ4n) is 1.73. The predicted octanol–water partition coefficient (Wildman–Crippen LogP) is 2.71. The van der Waals surface area contributed by atoms with Crippen LogP contribution in [0.4, 0.5) is 0 Å². The van der Waals surface area contributed by atoms with Crippen molar-refractivity contribution in [1.29, 1.82) is 0 Å². The fourth-order valence-corrected chi connectivity index (χ4v) is 1.73. The molecule has 5 heteroatoms. The Hall–Kier alpha value is -1.33. The van der Waals surface area contributed by atoms with E-state index >= 15 is 0 Å². The monoisotopic (exact) mass is 278 g/mol. The van der Waals surface area contributed by atoms with Gasteiger partial charge in [0.05, 0.1) is 5.56 Å². The molecule has 1 rings (SSSR count). The second kappa shape index (κ2) is 9.56. The Bertz CT molecular complexity index is 399. The molecule has 0 aromatic heterocycles. The van der Waals surface area contributed by atoms with Crippen LogP contribution in [-0.2, 0) is 9.31 Å². The number of unbranched alkanes of at least 4 members (excludes halogenated alkanes) is 2. The number of rotatable bonds is 10. The molecule has 0 fully saturated rings. The Morgan fingerprint density at radius 1 is 1.15 bits per heavy atom. The first-order chi connectivity index (χ1) is 9.69. The summed E-state index contributed by atoms with van der Waals surface area (Å²) in [6.07, 6.45) is 4.03. The van der Waals surface area contributed by atoms with Crippen LogP contribution in [0.15, 0.2) is 24.3 Å². The van der Waals surface area contributed by atoms with Gasteiger partial charge in [-0.15, -0.1) is 0 Å². The van der Waals surface area contributed by atoms with Crippen LogP contribution < -0.4 is 5.46 Å². The highest BCUT2D eigenvalue weighted by atomic mass is 16.6. The summed E-state index contributed by atoms with van der Waals surface area (Å²) in [5, 5.41) is 9.04. The van der Waals surface area contributed by atoms with Gasteiger partial charge in [-0.3, -0.25) is 0 Å². The molecule has 4 nitrogen and oxygen atoms in total. The largest absolute Gasteiger partial charge is 0.493 e. The van der Waals surface area contributed by atoms with Crippen LogP contribution in [0.1, 0.15) is 49.9 Å². The molecule has 1 aromatic carbocycles. The number of hydrogen-bond donors (Lipinski definition) is 1. The third-order valence-electron chi connectivity index (χ3n) is 2.94. The topological polar surface area (TPSA) is 55.8 Å². The minimum atomic E-state index is -0.937. The van der Waals surface area contributed by atoms with E-state index in [0.717, 1.165) is 31.1 Å². The van der Waals surface area contributed by atoms with E-state index in [1.807, 2.05) is 6.07 Å². The highest BCUT2D eigenvalue weighted by Crippen LogP contribution is 2.02. The van der Waals surface area contributed by atoms with Crippen molar-refractivity contribution in [2.75, 3.05) is 13.2 Å². The third kappa shape index (κ3) is 5.76. The highest BCUT2D eigenvalue weighted by molar-refractivity contribution is 6.61. The van der Waals surface area contributed by atoms with E-state index in [1.54, 1.807) is 18.2 Å². The number of carboxylic acid groups (broad SMARTS) is 1. The Morgan fingerprint density at radius 3 is 2.25 bits per heavy atom. The zero-order valence-electron chi connectivity index (χ0n) is 12.3. The molecule has 110 valence electrons. The van der Waals surface area contributed by atoms with E-state index in [4.69, 9.17) is 14.4 Å². The lowest BCUT2D eigenvalue weighted by molar-refractivity contribution is 0.0697.